The molecule has 4 heteroatoms. The van der Waals surface area contributed by atoms with E-state index in [1.165, 1.54) is 0 Å². The van der Waals surface area contributed by atoms with Gasteiger partial charge in [-0.3, -0.25) is 0 Å². The van der Waals surface area contributed by atoms with Crippen LogP contribution in [-0.2, 0) is 0 Å². The highest BCUT2D eigenvalue weighted by Gasteiger charge is 2.27. The van der Waals surface area contributed by atoms with E-state index in [1.807, 2.05) is 56.3 Å². The molecule has 0 spiro atoms. The monoisotopic (exact) mass is 448 g/mol. The molecule has 4 rings (SSSR count). The van der Waals surface area contributed by atoms with E-state index in [4.69, 9.17) is 4.42 Å². The third-order valence-electron chi connectivity index (χ3n) is 5.24. The summed E-state index contributed by atoms with van der Waals surface area (Å²) in [7, 11) is 0. The molecule has 3 nitrogen and oxygen atoms in total. The highest BCUT2D eigenvalue weighted by Crippen LogP contribution is 2.38. The molecule has 1 atom stereocenters. The maximum absolute atomic E-state index is 12.8. The Balaban J connectivity index is 1.80. The molecule has 4 aromatic rings. The van der Waals surface area contributed by atoms with Crippen molar-refractivity contribution >= 4 is 26.9 Å². The lowest BCUT2D eigenvalue weighted by Crippen LogP contribution is -2.18. The van der Waals surface area contributed by atoms with Crippen LogP contribution in [-0.4, -0.2) is 5.11 Å². The van der Waals surface area contributed by atoms with Gasteiger partial charge in [-0.15, -0.1) is 0 Å². The molecule has 0 aliphatic carbocycles. The molecule has 1 unspecified atom stereocenters. The van der Waals surface area contributed by atoms with E-state index in [0.717, 1.165) is 21.2 Å². The van der Waals surface area contributed by atoms with Crippen LogP contribution < -0.4 is 5.63 Å². The van der Waals surface area contributed by atoms with Gasteiger partial charge in [0.2, 0.25) is 0 Å². The highest BCUT2D eigenvalue weighted by molar-refractivity contribution is 9.10. The van der Waals surface area contributed by atoms with Gasteiger partial charge in [-0.25, -0.2) is 4.79 Å². The number of halogens is 1. The average Bonchev–Trinajstić information content (AvgIpc) is 2.72. The second-order valence-electron chi connectivity index (χ2n) is 7.50. The maximum atomic E-state index is 12.8. The third-order valence-corrected chi connectivity index (χ3v) is 5.77. The molecule has 0 aliphatic heterocycles. The number of para-hydroxylation sites is 1. The Morgan fingerprint density at radius 3 is 2.07 bits per heavy atom. The van der Waals surface area contributed by atoms with Crippen LogP contribution in [0.25, 0.3) is 22.1 Å². The Kier molecular flexibility index (Phi) is 5.29. The first kappa shape index (κ1) is 19.5. The Bertz CT molecular complexity index is 1210. The third kappa shape index (κ3) is 3.73. The number of aromatic hydroxyl groups is 1. The topological polar surface area (TPSA) is 50.4 Å². The minimum absolute atomic E-state index is 0.00698. The van der Waals surface area contributed by atoms with Gasteiger partial charge in [0.05, 0.1) is 10.9 Å². The average molecular weight is 449 g/mol. The van der Waals surface area contributed by atoms with Crippen molar-refractivity contribution in [2.75, 3.05) is 0 Å². The molecule has 0 aliphatic rings. The SMILES string of the molecule is CC(C)C(c1ccc(-c2ccc(Br)cc2)cc1)c1c(O)c2ccccc2oc1=O. The van der Waals surface area contributed by atoms with Gasteiger partial charge in [0.15, 0.2) is 0 Å². The molecule has 0 amide bonds. The summed E-state index contributed by atoms with van der Waals surface area (Å²) in [5, 5.41) is 11.5. The van der Waals surface area contributed by atoms with E-state index in [0.29, 0.717) is 16.5 Å². The molecule has 29 heavy (non-hydrogen) atoms. The Labute approximate surface area is 177 Å². The predicted molar refractivity (Wildman–Crippen MR) is 120 cm³/mol. The first-order valence-electron chi connectivity index (χ1n) is 9.56. The van der Waals surface area contributed by atoms with Gasteiger partial charge in [-0.05, 0) is 46.9 Å². The number of fused-ring (bicyclic) bond motifs is 1. The van der Waals surface area contributed by atoms with Crippen molar-refractivity contribution in [1.82, 2.24) is 0 Å². The van der Waals surface area contributed by atoms with Gasteiger partial charge in [-0.1, -0.05) is 78.3 Å². The molecular weight excluding hydrogens is 428 g/mol. The lowest BCUT2D eigenvalue weighted by Gasteiger charge is -2.22. The van der Waals surface area contributed by atoms with Crippen molar-refractivity contribution in [2.45, 2.75) is 19.8 Å². The Morgan fingerprint density at radius 1 is 0.862 bits per heavy atom. The second kappa shape index (κ2) is 7.88. The van der Waals surface area contributed by atoms with E-state index in [2.05, 4.69) is 28.1 Å². The van der Waals surface area contributed by atoms with Crippen LogP contribution in [0.1, 0.15) is 30.9 Å². The molecule has 1 aromatic heterocycles. The van der Waals surface area contributed by atoms with Crippen LogP contribution in [0.5, 0.6) is 5.75 Å². The summed E-state index contributed by atoms with van der Waals surface area (Å²) in [4.78, 5) is 12.8. The molecule has 0 radical (unpaired) electrons. The van der Waals surface area contributed by atoms with Crippen LogP contribution in [0.15, 0.2) is 86.5 Å². The fourth-order valence-electron chi connectivity index (χ4n) is 3.83. The van der Waals surface area contributed by atoms with Gasteiger partial charge in [0, 0.05) is 10.4 Å². The highest BCUT2D eigenvalue weighted by atomic mass is 79.9. The molecule has 0 fully saturated rings. The molecule has 146 valence electrons. The van der Waals surface area contributed by atoms with Crippen molar-refractivity contribution in [3.05, 3.63) is 98.8 Å². The van der Waals surface area contributed by atoms with Crippen molar-refractivity contribution in [1.29, 1.82) is 0 Å². The van der Waals surface area contributed by atoms with Gasteiger partial charge >= 0.3 is 5.63 Å². The van der Waals surface area contributed by atoms with Gasteiger partial charge in [-0.2, -0.15) is 0 Å². The smallest absolute Gasteiger partial charge is 0.343 e. The van der Waals surface area contributed by atoms with E-state index in [-0.39, 0.29) is 17.6 Å². The standard InChI is InChI=1S/C25H21BrO3/c1-15(2)22(23-24(27)20-5-3-4-6-21(20)29-25(23)28)18-9-7-16(8-10-18)17-11-13-19(26)14-12-17/h3-15,22,27H,1-2H3. The number of benzene rings is 3. The van der Waals surface area contributed by atoms with Gasteiger partial charge in [0.25, 0.3) is 0 Å². The fourth-order valence-corrected chi connectivity index (χ4v) is 4.10. The summed E-state index contributed by atoms with van der Waals surface area (Å²) < 4.78 is 6.55. The number of hydrogen-bond donors (Lipinski definition) is 1. The molecule has 0 saturated carbocycles. The lowest BCUT2D eigenvalue weighted by atomic mass is 9.82. The van der Waals surface area contributed by atoms with E-state index in [1.54, 1.807) is 18.2 Å². The zero-order valence-corrected chi connectivity index (χ0v) is 17.8. The molecule has 0 bridgehead atoms. The number of hydrogen-bond acceptors (Lipinski definition) is 3. The molecular formula is C25H21BrO3. The zero-order valence-electron chi connectivity index (χ0n) is 16.2. The van der Waals surface area contributed by atoms with Crippen molar-refractivity contribution < 1.29 is 9.52 Å². The normalized spacial score (nSPS) is 12.4. The first-order chi connectivity index (χ1) is 14.0. The molecule has 1 N–H and O–H groups in total. The first-order valence-corrected chi connectivity index (χ1v) is 10.4. The summed E-state index contributed by atoms with van der Waals surface area (Å²) in [5.41, 5.74) is 3.41. The fraction of sp³-hybridized carbons (Fsp3) is 0.160. The van der Waals surface area contributed by atoms with E-state index >= 15 is 0 Å². The summed E-state index contributed by atoms with van der Waals surface area (Å²) in [5.74, 6) is -0.161. The summed E-state index contributed by atoms with van der Waals surface area (Å²) in [6.45, 7) is 4.09. The Hall–Kier alpha value is -2.85. The minimum Gasteiger partial charge on any atom is -0.507 e. The van der Waals surface area contributed by atoms with Crippen molar-refractivity contribution in [3.8, 4) is 16.9 Å². The van der Waals surface area contributed by atoms with E-state index in [9.17, 15) is 9.90 Å². The zero-order chi connectivity index (χ0) is 20.5. The van der Waals surface area contributed by atoms with Gasteiger partial charge < -0.3 is 9.52 Å². The van der Waals surface area contributed by atoms with Crippen LogP contribution in [0.4, 0.5) is 0 Å². The largest absolute Gasteiger partial charge is 0.507 e. The molecule has 1 heterocycles. The van der Waals surface area contributed by atoms with Crippen LogP contribution >= 0.6 is 15.9 Å². The van der Waals surface area contributed by atoms with Crippen molar-refractivity contribution in [2.24, 2.45) is 5.92 Å². The Morgan fingerprint density at radius 2 is 1.45 bits per heavy atom. The molecule has 3 aromatic carbocycles. The maximum Gasteiger partial charge on any atom is 0.343 e. The summed E-state index contributed by atoms with van der Waals surface area (Å²) in [6.07, 6.45) is 0. The summed E-state index contributed by atoms with van der Waals surface area (Å²) in [6, 6.07) is 23.4. The van der Waals surface area contributed by atoms with Crippen LogP contribution in [0.2, 0.25) is 0 Å². The van der Waals surface area contributed by atoms with Crippen molar-refractivity contribution in [3.63, 3.8) is 0 Å². The lowest BCUT2D eigenvalue weighted by molar-refractivity contribution is 0.435. The van der Waals surface area contributed by atoms with Crippen LogP contribution in [0, 0.1) is 5.92 Å². The van der Waals surface area contributed by atoms with E-state index < -0.39 is 5.63 Å². The summed E-state index contributed by atoms with van der Waals surface area (Å²) >= 11 is 3.46. The molecule has 0 saturated heterocycles. The minimum atomic E-state index is -0.489. The second-order valence-corrected chi connectivity index (χ2v) is 8.41. The van der Waals surface area contributed by atoms with Gasteiger partial charge in [0.1, 0.15) is 11.3 Å². The number of rotatable bonds is 4. The van der Waals surface area contributed by atoms with Crippen LogP contribution in [0.3, 0.4) is 0 Å². The quantitative estimate of drug-likeness (QED) is 0.352. The predicted octanol–water partition coefficient (Wildman–Crippen LogP) is 6.72.